The van der Waals surface area contributed by atoms with Gasteiger partial charge in [-0.25, -0.2) is 22.0 Å². The van der Waals surface area contributed by atoms with Crippen molar-refractivity contribution >= 4 is 5.90 Å². The van der Waals surface area contributed by atoms with Gasteiger partial charge in [-0.15, -0.1) is 0 Å². The fourth-order valence-corrected chi connectivity index (χ4v) is 5.70. The number of nitrogens with zero attached hydrogens (tertiary/aromatic N) is 3. The Bertz CT molecular complexity index is 1140. The highest BCUT2D eigenvalue weighted by atomic mass is 19.2. The van der Waals surface area contributed by atoms with Crippen LogP contribution in [0.2, 0.25) is 0 Å². The molecule has 0 amide bonds. The fraction of sp³-hybridized carbons (Fsp3) is 0.545. The van der Waals surface area contributed by atoms with Crippen molar-refractivity contribution in [2.45, 2.75) is 50.9 Å². The van der Waals surface area contributed by atoms with Gasteiger partial charge in [0.25, 0.3) is 0 Å². The van der Waals surface area contributed by atoms with Crippen LogP contribution < -0.4 is 0 Å². The first kappa shape index (κ1) is 22.9. The molecule has 6 nitrogen and oxygen atoms in total. The second-order valence-electron chi connectivity index (χ2n) is 8.66. The van der Waals surface area contributed by atoms with Crippen molar-refractivity contribution in [3.8, 4) is 18.2 Å². The monoisotopic (exact) mass is 464 g/mol. The minimum atomic E-state index is -2.82. The molecule has 0 radical (unpaired) electrons. The molecule has 2 aliphatic heterocycles. The highest BCUT2D eigenvalue weighted by Crippen LogP contribution is 2.70. The smallest absolute Gasteiger partial charge is 0.217 e. The van der Waals surface area contributed by atoms with Crippen LogP contribution in [0.5, 0.6) is 0 Å². The maximum atomic E-state index is 14.8. The Morgan fingerprint density at radius 1 is 0.970 bits per heavy atom. The van der Waals surface area contributed by atoms with Gasteiger partial charge in [0.05, 0.1) is 29.7 Å². The number of benzene rings is 1. The van der Waals surface area contributed by atoms with Gasteiger partial charge in [-0.1, -0.05) is 19.8 Å². The predicted molar refractivity (Wildman–Crippen MR) is 99.0 cm³/mol. The number of halogens is 5. The van der Waals surface area contributed by atoms with Gasteiger partial charge in [0, 0.05) is 6.42 Å². The zero-order valence-corrected chi connectivity index (χ0v) is 17.3. The van der Waals surface area contributed by atoms with E-state index in [0.717, 1.165) is 12.8 Å². The Morgan fingerprint density at radius 3 is 2.06 bits per heavy atom. The Labute approximate surface area is 185 Å². The first-order valence-electron chi connectivity index (χ1n) is 10.3. The van der Waals surface area contributed by atoms with Crippen LogP contribution in [0.3, 0.4) is 0 Å². The SMILES string of the molecule is CCCC1CCC23OC(=N)C(C#N)(C2C1)C(C#N)(C#N)C(c1c(F)c(F)c(F)c(F)c1F)O3. The van der Waals surface area contributed by atoms with E-state index in [4.69, 9.17) is 14.9 Å². The molecule has 33 heavy (non-hydrogen) atoms. The zero-order valence-electron chi connectivity index (χ0n) is 17.3. The first-order chi connectivity index (χ1) is 15.6. The summed E-state index contributed by atoms with van der Waals surface area (Å²) < 4.78 is 82.7. The predicted octanol–water partition coefficient (Wildman–Crippen LogP) is 4.92. The molecule has 1 aromatic carbocycles. The summed E-state index contributed by atoms with van der Waals surface area (Å²) in [6, 6.07) is 4.90. The lowest BCUT2D eigenvalue weighted by Gasteiger charge is -2.52. The van der Waals surface area contributed by atoms with E-state index >= 15 is 0 Å². The minimum Gasteiger partial charge on any atom is -0.447 e. The van der Waals surface area contributed by atoms with E-state index in [1.54, 1.807) is 18.2 Å². The Hall–Kier alpha value is -3.23. The molecule has 1 saturated carbocycles. The van der Waals surface area contributed by atoms with Gasteiger partial charge in [0.1, 0.15) is 6.10 Å². The molecule has 3 aliphatic rings. The molecular weight excluding hydrogens is 447 g/mol. The molecule has 4 rings (SSSR count). The molecule has 3 fully saturated rings. The van der Waals surface area contributed by atoms with Gasteiger partial charge in [-0.05, 0) is 18.8 Å². The third-order valence-electron chi connectivity index (χ3n) is 7.22. The average Bonchev–Trinajstić information content (AvgIpc) is 3.01. The summed E-state index contributed by atoms with van der Waals surface area (Å²) in [6.07, 6.45) is -0.0774. The van der Waals surface area contributed by atoms with Gasteiger partial charge in [-0.3, -0.25) is 5.41 Å². The van der Waals surface area contributed by atoms with Crippen LogP contribution in [-0.2, 0) is 9.47 Å². The van der Waals surface area contributed by atoms with Crippen LogP contribution in [0.1, 0.15) is 50.7 Å². The molecule has 5 atom stereocenters. The van der Waals surface area contributed by atoms with E-state index in [1.807, 2.05) is 6.92 Å². The summed E-state index contributed by atoms with van der Waals surface area (Å²) in [7, 11) is 0. The Kier molecular flexibility index (Phi) is 5.14. The average molecular weight is 464 g/mol. The third kappa shape index (κ3) is 2.56. The highest BCUT2D eigenvalue weighted by Gasteiger charge is 2.81. The van der Waals surface area contributed by atoms with Crippen molar-refractivity contribution in [3.05, 3.63) is 34.6 Å². The lowest BCUT2D eigenvalue weighted by Crippen LogP contribution is -2.61. The quantitative estimate of drug-likeness (QED) is 0.388. The molecule has 1 N–H and O–H groups in total. The van der Waals surface area contributed by atoms with E-state index in [9.17, 15) is 37.7 Å². The number of hydrogen-bond acceptors (Lipinski definition) is 6. The van der Waals surface area contributed by atoms with Crippen LogP contribution in [0.15, 0.2) is 0 Å². The van der Waals surface area contributed by atoms with Crippen molar-refractivity contribution in [3.63, 3.8) is 0 Å². The van der Waals surface area contributed by atoms with Gasteiger partial charge in [0.15, 0.2) is 28.7 Å². The van der Waals surface area contributed by atoms with Crippen molar-refractivity contribution in [2.75, 3.05) is 0 Å². The van der Waals surface area contributed by atoms with Crippen LogP contribution in [0, 0.1) is 91.2 Å². The summed E-state index contributed by atoms with van der Waals surface area (Å²) in [6.45, 7) is 1.95. The minimum absolute atomic E-state index is 0.0415. The fourth-order valence-electron chi connectivity index (χ4n) is 5.70. The molecule has 2 bridgehead atoms. The Balaban J connectivity index is 2.02. The number of rotatable bonds is 3. The van der Waals surface area contributed by atoms with Crippen LogP contribution in [0.4, 0.5) is 22.0 Å². The van der Waals surface area contributed by atoms with Crippen LogP contribution >= 0.6 is 0 Å². The highest BCUT2D eigenvalue weighted by molar-refractivity contribution is 5.89. The number of nitrogens with one attached hydrogen (secondary N) is 1. The number of nitriles is 3. The van der Waals surface area contributed by atoms with Crippen LogP contribution in [0.25, 0.3) is 0 Å². The van der Waals surface area contributed by atoms with Gasteiger partial charge >= 0.3 is 0 Å². The summed E-state index contributed by atoms with van der Waals surface area (Å²) in [5.74, 6) is -15.1. The molecule has 172 valence electrons. The van der Waals surface area contributed by atoms with Crippen molar-refractivity contribution in [1.29, 1.82) is 21.2 Å². The van der Waals surface area contributed by atoms with Crippen LogP contribution in [-0.4, -0.2) is 11.7 Å². The van der Waals surface area contributed by atoms with E-state index in [1.165, 1.54) is 0 Å². The molecule has 5 unspecified atom stereocenters. The second-order valence-corrected chi connectivity index (χ2v) is 8.66. The zero-order chi connectivity index (χ0) is 24.3. The molecule has 0 spiro atoms. The number of hydrogen-bond donors (Lipinski definition) is 1. The lowest BCUT2D eigenvalue weighted by molar-refractivity contribution is -0.300. The maximum absolute atomic E-state index is 14.8. The topological polar surface area (TPSA) is 114 Å². The molecule has 2 heterocycles. The number of ether oxygens (including phenoxy) is 2. The van der Waals surface area contributed by atoms with E-state index in [-0.39, 0.29) is 18.8 Å². The second kappa shape index (κ2) is 7.40. The molecule has 2 saturated heterocycles. The summed E-state index contributed by atoms with van der Waals surface area (Å²) in [5, 5.41) is 38.8. The van der Waals surface area contributed by atoms with Gasteiger partial charge < -0.3 is 9.47 Å². The summed E-state index contributed by atoms with van der Waals surface area (Å²) in [4.78, 5) is 0. The van der Waals surface area contributed by atoms with E-state index < -0.39 is 69.2 Å². The van der Waals surface area contributed by atoms with Crippen molar-refractivity contribution in [1.82, 2.24) is 0 Å². The van der Waals surface area contributed by atoms with E-state index in [2.05, 4.69) is 0 Å². The normalized spacial score (nSPS) is 33.9. The van der Waals surface area contributed by atoms with Gasteiger partial charge in [0.2, 0.25) is 22.9 Å². The summed E-state index contributed by atoms with van der Waals surface area (Å²) in [5.41, 5.74) is -6.71. The molecule has 11 heteroatoms. The first-order valence-corrected chi connectivity index (χ1v) is 10.3. The Morgan fingerprint density at radius 2 is 1.55 bits per heavy atom. The van der Waals surface area contributed by atoms with Crippen molar-refractivity contribution in [2.24, 2.45) is 22.7 Å². The molecule has 1 aliphatic carbocycles. The summed E-state index contributed by atoms with van der Waals surface area (Å²) >= 11 is 0. The maximum Gasteiger partial charge on any atom is 0.217 e. The third-order valence-corrected chi connectivity index (χ3v) is 7.22. The molecule has 0 aromatic heterocycles. The van der Waals surface area contributed by atoms with E-state index in [0.29, 0.717) is 6.42 Å². The standard InChI is InChI=1S/C22H17F5N4O2/c1-2-3-10-4-5-22-11(6-10)21(9-30,19(31)33-22)20(7-28,8-29)18(32-22)12-13(23)15(25)17(27)16(26)14(12)24/h10-11,18,31H,2-6H2,1H3. The molecule has 1 aromatic rings. The lowest BCUT2D eigenvalue weighted by atomic mass is 9.50. The largest absolute Gasteiger partial charge is 0.447 e. The van der Waals surface area contributed by atoms with Gasteiger partial charge in [-0.2, -0.15) is 15.8 Å². The molecular formula is C22H17F5N4O2. The van der Waals surface area contributed by atoms with Crippen molar-refractivity contribution < 1.29 is 31.4 Å².